The van der Waals surface area contributed by atoms with Gasteiger partial charge in [0.1, 0.15) is 0 Å². The molecule has 5 rings (SSSR count). The Hall–Kier alpha value is -3.39. The summed E-state index contributed by atoms with van der Waals surface area (Å²) in [5.41, 5.74) is 2.88. The molecule has 0 unspecified atom stereocenters. The summed E-state index contributed by atoms with van der Waals surface area (Å²) < 4.78 is 3.59. The van der Waals surface area contributed by atoms with E-state index in [0.29, 0.717) is 5.82 Å². The van der Waals surface area contributed by atoms with E-state index >= 15 is 0 Å². The summed E-state index contributed by atoms with van der Waals surface area (Å²) in [6.45, 7) is 0. The zero-order valence-electron chi connectivity index (χ0n) is 12.9. The second kappa shape index (κ2) is 5.60. The van der Waals surface area contributed by atoms with E-state index in [-0.39, 0.29) is 0 Å². The number of aromatic nitrogens is 7. The van der Waals surface area contributed by atoms with Gasteiger partial charge >= 0.3 is 0 Å². The van der Waals surface area contributed by atoms with Crippen LogP contribution < -0.4 is 0 Å². The molecule has 0 spiro atoms. The lowest BCUT2D eigenvalue weighted by molar-refractivity contribution is 0.880. The first kappa shape index (κ1) is 14.0. The average Bonchev–Trinajstić information content (AvgIpc) is 3.38. The molecule has 0 aliphatic heterocycles. The van der Waals surface area contributed by atoms with E-state index in [1.54, 1.807) is 16.9 Å². The fraction of sp³-hybridized carbons (Fsp3) is 0. The van der Waals surface area contributed by atoms with Gasteiger partial charge in [0.05, 0.1) is 17.4 Å². The number of para-hydroxylation sites is 1. The Kier molecular flexibility index (Phi) is 3.14. The number of pyridine rings is 1. The summed E-state index contributed by atoms with van der Waals surface area (Å²) >= 11 is 1.48. The highest BCUT2D eigenvalue weighted by molar-refractivity contribution is 7.19. The first-order valence-electron chi connectivity index (χ1n) is 7.61. The van der Waals surface area contributed by atoms with Crippen LogP contribution in [0.1, 0.15) is 0 Å². The van der Waals surface area contributed by atoms with E-state index in [2.05, 4.69) is 25.4 Å². The summed E-state index contributed by atoms with van der Waals surface area (Å²) in [5, 5.41) is 18.4. The van der Waals surface area contributed by atoms with E-state index in [4.69, 9.17) is 0 Å². The monoisotopic (exact) mass is 345 g/mol. The van der Waals surface area contributed by atoms with Crippen LogP contribution in [0.2, 0.25) is 0 Å². The van der Waals surface area contributed by atoms with Crippen LogP contribution in [0, 0.1) is 0 Å². The highest BCUT2D eigenvalue weighted by atomic mass is 32.1. The van der Waals surface area contributed by atoms with Crippen molar-refractivity contribution in [1.82, 2.24) is 34.6 Å². The lowest BCUT2D eigenvalue weighted by Crippen LogP contribution is -1.92. The van der Waals surface area contributed by atoms with Crippen molar-refractivity contribution in [2.75, 3.05) is 0 Å². The molecule has 0 atom stereocenters. The van der Waals surface area contributed by atoms with Crippen molar-refractivity contribution in [3.63, 3.8) is 0 Å². The maximum absolute atomic E-state index is 4.66. The van der Waals surface area contributed by atoms with E-state index in [1.165, 1.54) is 11.3 Å². The van der Waals surface area contributed by atoms with Crippen LogP contribution in [-0.4, -0.2) is 34.6 Å². The van der Waals surface area contributed by atoms with Gasteiger partial charge < -0.3 is 0 Å². The van der Waals surface area contributed by atoms with Gasteiger partial charge in [0.2, 0.25) is 4.96 Å². The van der Waals surface area contributed by atoms with E-state index < -0.39 is 0 Å². The second-order valence-corrected chi connectivity index (χ2v) is 6.33. The van der Waals surface area contributed by atoms with Gasteiger partial charge in [0.25, 0.3) is 0 Å². The van der Waals surface area contributed by atoms with Crippen LogP contribution in [0.25, 0.3) is 32.6 Å². The van der Waals surface area contributed by atoms with Gasteiger partial charge in [-0.3, -0.25) is 4.98 Å². The van der Waals surface area contributed by atoms with Crippen molar-refractivity contribution in [3.8, 4) is 27.6 Å². The minimum atomic E-state index is 0.704. The highest BCUT2D eigenvalue weighted by Gasteiger charge is 2.15. The summed E-state index contributed by atoms with van der Waals surface area (Å²) in [4.78, 5) is 4.78. The third kappa shape index (κ3) is 2.39. The molecule has 4 aromatic heterocycles. The van der Waals surface area contributed by atoms with Gasteiger partial charge in [0, 0.05) is 24.2 Å². The molecule has 0 aliphatic rings. The largest absolute Gasteiger partial charge is 0.265 e. The van der Waals surface area contributed by atoms with E-state index in [1.807, 2.05) is 59.5 Å². The maximum Gasteiger partial charge on any atom is 0.235 e. The van der Waals surface area contributed by atoms with Gasteiger partial charge in [-0.1, -0.05) is 29.5 Å². The Morgan fingerprint density at radius 2 is 1.72 bits per heavy atom. The lowest BCUT2D eigenvalue weighted by atomic mass is 10.2. The molecular weight excluding hydrogens is 334 g/mol. The average molecular weight is 345 g/mol. The van der Waals surface area contributed by atoms with Crippen LogP contribution in [-0.2, 0) is 0 Å². The molecule has 0 fully saturated rings. The second-order valence-electron chi connectivity index (χ2n) is 5.37. The van der Waals surface area contributed by atoms with Crippen LogP contribution in [0.4, 0.5) is 0 Å². The number of fused-ring (bicyclic) bond motifs is 1. The molecule has 8 heteroatoms. The predicted molar refractivity (Wildman–Crippen MR) is 94.4 cm³/mol. The van der Waals surface area contributed by atoms with Crippen LogP contribution >= 0.6 is 11.3 Å². The molecule has 25 heavy (non-hydrogen) atoms. The summed E-state index contributed by atoms with van der Waals surface area (Å²) in [5.74, 6) is 0.704. The van der Waals surface area contributed by atoms with Crippen molar-refractivity contribution in [1.29, 1.82) is 0 Å². The third-order valence-electron chi connectivity index (χ3n) is 3.78. The topological polar surface area (TPSA) is 73.8 Å². The number of rotatable bonds is 3. The Morgan fingerprint density at radius 3 is 2.56 bits per heavy atom. The minimum Gasteiger partial charge on any atom is -0.265 e. The molecule has 0 amide bonds. The smallest absolute Gasteiger partial charge is 0.235 e. The predicted octanol–water partition coefficient (Wildman–Crippen LogP) is 3.10. The molecule has 0 N–H and O–H groups in total. The van der Waals surface area contributed by atoms with Gasteiger partial charge in [-0.05, 0) is 24.3 Å². The first-order valence-corrected chi connectivity index (χ1v) is 8.43. The van der Waals surface area contributed by atoms with Gasteiger partial charge in [-0.15, -0.1) is 10.2 Å². The number of hydrogen-bond donors (Lipinski definition) is 0. The quantitative estimate of drug-likeness (QED) is 0.502. The summed E-state index contributed by atoms with van der Waals surface area (Å²) in [6.07, 6.45) is 7.24. The maximum atomic E-state index is 4.66. The van der Waals surface area contributed by atoms with Crippen molar-refractivity contribution in [3.05, 3.63) is 67.3 Å². The molecule has 0 aliphatic carbocycles. The van der Waals surface area contributed by atoms with E-state index in [9.17, 15) is 0 Å². The highest BCUT2D eigenvalue weighted by Crippen LogP contribution is 2.28. The number of nitrogens with zero attached hydrogens (tertiary/aromatic N) is 7. The van der Waals surface area contributed by atoms with Crippen molar-refractivity contribution in [2.24, 2.45) is 0 Å². The van der Waals surface area contributed by atoms with Gasteiger partial charge in [-0.25, -0.2) is 4.68 Å². The molecule has 0 radical (unpaired) electrons. The molecule has 5 aromatic rings. The Morgan fingerprint density at radius 1 is 0.880 bits per heavy atom. The first-order chi connectivity index (χ1) is 12.4. The van der Waals surface area contributed by atoms with Crippen molar-refractivity contribution in [2.45, 2.75) is 0 Å². The van der Waals surface area contributed by atoms with Gasteiger partial charge in [-0.2, -0.15) is 14.7 Å². The number of hydrogen-bond acceptors (Lipinski definition) is 6. The zero-order valence-corrected chi connectivity index (χ0v) is 13.7. The number of benzene rings is 1. The molecule has 4 heterocycles. The third-order valence-corrected chi connectivity index (χ3v) is 4.73. The fourth-order valence-electron chi connectivity index (χ4n) is 2.57. The summed E-state index contributed by atoms with van der Waals surface area (Å²) in [6, 6.07) is 13.8. The minimum absolute atomic E-state index is 0.704. The van der Waals surface area contributed by atoms with E-state index in [0.717, 1.165) is 26.8 Å². The zero-order chi connectivity index (χ0) is 16.6. The normalized spacial score (nSPS) is 11.2. The summed E-state index contributed by atoms with van der Waals surface area (Å²) in [7, 11) is 0. The molecular formula is C17H11N7S. The van der Waals surface area contributed by atoms with Crippen molar-refractivity contribution < 1.29 is 0 Å². The van der Waals surface area contributed by atoms with Crippen molar-refractivity contribution >= 4 is 16.3 Å². The Labute approximate surface area is 146 Å². The SMILES string of the molecule is c1ccc(-n2cc(-c3nn4c(-c5ccncc5)nnc4s3)cn2)cc1. The molecule has 120 valence electrons. The Bertz CT molecular complexity index is 1140. The molecule has 7 nitrogen and oxygen atoms in total. The fourth-order valence-corrected chi connectivity index (χ4v) is 3.38. The van der Waals surface area contributed by atoms with Crippen LogP contribution in [0.15, 0.2) is 67.3 Å². The molecule has 0 saturated heterocycles. The Balaban J connectivity index is 1.56. The standard InChI is InChI=1S/C17H11N7S/c1-2-4-14(5-3-1)23-11-13(10-19-23)16-22-24-15(20-21-17(24)25-16)12-6-8-18-9-7-12/h1-11H. The molecule has 0 saturated carbocycles. The van der Waals surface area contributed by atoms with Gasteiger partial charge in [0.15, 0.2) is 10.8 Å². The van der Waals surface area contributed by atoms with Crippen LogP contribution in [0.5, 0.6) is 0 Å². The van der Waals surface area contributed by atoms with Crippen LogP contribution in [0.3, 0.4) is 0 Å². The lowest BCUT2D eigenvalue weighted by Gasteiger charge is -1.98. The molecule has 1 aromatic carbocycles. The molecule has 0 bridgehead atoms.